The highest BCUT2D eigenvalue weighted by atomic mass is 79.9. The number of rotatable bonds is 7. The second kappa shape index (κ2) is 8.46. The molecule has 6 nitrogen and oxygen atoms in total. The average molecular weight is 598 g/mol. The predicted molar refractivity (Wildman–Crippen MR) is 107 cm³/mol. The van der Waals surface area contributed by atoms with Crippen molar-refractivity contribution in [1.29, 1.82) is 0 Å². The van der Waals surface area contributed by atoms with Crippen LogP contribution in [-0.2, 0) is 19.9 Å². The molecule has 0 aliphatic carbocycles. The van der Waals surface area contributed by atoms with Gasteiger partial charge in [0, 0.05) is 20.0 Å². The van der Waals surface area contributed by atoms with Crippen molar-refractivity contribution in [2.24, 2.45) is 0 Å². The predicted octanol–water partition coefficient (Wildman–Crippen LogP) is 3.15. The van der Waals surface area contributed by atoms with Gasteiger partial charge in [0.15, 0.2) is 9.84 Å². The molecule has 2 N–H and O–H groups in total. The number of hydrogen-bond acceptors (Lipinski definition) is 6. The molecule has 0 saturated heterocycles. The van der Waals surface area contributed by atoms with Crippen LogP contribution in [0.1, 0.15) is 0 Å². The second-order valence-electron chi connectivity index (χ2n) is 4.92. The molecule has 1 aromatic carbocycles. The maximum Gasteiger partial charge on any atom is 0.242 e. The third kappa shape index (κ3) is 5.58. The van der Waals surface area contributed by atoms with Crippen molar-refractivity contribution in [3.05, 3.63) is 43.1 Å². The van der Waals surface area contributed by atoms with E-state index < -0.39 is 38.3 Å². The third-order valence-electron chi connectivity index (χ3n) is 2.95. The lowest BCUT2D eigenvalue weighted by molar-refractivity contribution is 0.201. The summed E-state index contributed by atoms with van der Waals surface area (Å²) < 4.78 is 52.7. The van der Waals surface area contributed by atoms with Gasteiger partial charge in [0.05, 0.1) is 11.9 Å². The molecule has 1 unspecified atom stereocenters. The molecule has 2 aromatic rings. The topological polar surface area (TPSA) is 101 Å². The lowest BCUT2D eigenvalue weighted by Crippen LogP contribution is -2.36. The second-order valence-corrected chi connectivity index (χ2v) is 12.5. The summed E-state index contributed by atoms with van der Waals surface area (Å²) in [6.07, 6.45) is -1.38. The number of hydrogen-bond donors (Lipinski definition) is 2. The zero-order valence-electron chi connectivity index (χ0n) is 12.3. The Kier molecular flexibility index (Phi) is 7.27. The number of benzene rings is 1. The minimum Gasteiger partial charge on any atom is -0.391 e. The summed E-state index contributed by atoms with van der Waals surface area (Å²) in [4.78, 5) is -0.0380. The van der Waals surface area contributed by atoms with E-state index >= 15 is 0 Å². The highest BCUT2D eigenvalue weighted by Crippen LogP contribution is 2.33. The first kappa shape index (κ1) is 21.5. The van der Waals surface area contributed by atoms with E-state index in [1.807, 2.05) is 0 Å². The molecule has 0 radical (unpaired) electrons. The largest absolute Gasteiger partial charge is 0.391 e. The monoisotopic (exact) mass is 595 g/mol. The van der Waals surface area contributed by atoms with E-state index in [0.29, 0.717) is 13.4 Å². The van der Waals surface area contributed by atoms with E-state index in [1.165, 1.54) is 6.07 Å². The van der Waals surface area contributed by atoms with Gasteiger partial charge in [0.25, 0.3) is 0 Å². The number of nitrogens with one attached hydrogen (secondary N) is 1. The first-order chi connectivity index (χ1) is 11.5. The highest BCUT2D eigenvalue weighted by molar-refractivity contribution is 9.11. The summed E-state index contributed by atoms with van der Waals surface area (Å²) in [5, 5.41) is 11.6. The van der Waals surface area contributed by atoms with Gasteiger partial charge in [-0.05, 0) is 55.4 Å². The Balaban J connectivity index is 2.10. The van der Waals surface area contributed by atoms with Crippen LogP contribution in [0.5, 0.6) is 0 Å². The summed E-state index contributed by atoms with van der Waals surface area (Å²) in [6, 6.07) is 6.16. The van der Waals surface area contributed by atoms with Gasteiger partial charge in [0.2, 0.25) is 10.0 Å². The molecule has 0 bridgehead atoms. The Hall–Kier alpha value is 0.180. The Bertz CT molecular complexity index is 936. The fourth-order valence-corrected chi connectivity index (χ4v) is 9.10. The van der Waals surface area contributed by atoms with Crippen molar-refractivity contribution < 1.29 is 21.9 Å². The molecule has 0 amide bonds. The molecular formula is C13H12Br3NO5S3. The van der Waals surface area contributed by atoms with Crippen molar-refractivity contribution in [3.63, 3.8) is 0 Å². The van der Waals surface area contributed by atoms with Crippen molar-refractivity contribution in [3.8, 4) is 0 Å². The molecule has 1 heterocycles. The van der Waals surface area contributed by atoms with Gasteiger partial charge in [0.1, 0.15) is 9.10 Å². The van der Waals surface area contributed by atoms with Crippen LogP contribution in [0.2, 0.25) is 0 Å². The molecule has 12 heteroatoms. The number of aliphatic hydroxyl groups excluding tert-OH is 1. The molecule has 1 atom stereocenters. The quantitative estimate of drug-likeness (QED) is 0.511. The molecule has 0 saturated carbocycles. The van der Waals surface area contributed by atoms with Crippen molar-refractivity contribution in [2.75, 3.05) is 12.3 Å². The number of thiophene rings is 1. The van der Waals surface area contributed by atoms with E-state index in [-0.39, 0.29) is 9.10 Å². The summed E-state index contributed by atoms with van der Waals surface area (Å²) >= 11 is 10.6. The van der Waals surface area contributed by atoms with Crippen molar-refractivity contribution >= 4 is 79.0 Å². The van der Waals surface area contributed by atoms with Crippen LogP contribution in [-0.4, -0.2) is 40.3 Å². The lowest BCUT2D eigenvalue weighted by atomic mass is 10.4. The van der Waals surface area contributed by atoms with Gasteiger partial charge in [-0.25, -0.2) is 21.6 Å². The Morgan fingerprint density at radius 1 is 1.12 bits per heavy atom. The van der Waals surface area contributed by atoms with Gasteiger partial charge in [-0.1, -0.05) is 22.0 Å². The van der Waals surface area contributed by atoms with E-state index in [9.17, 15) is 21.9 Å². The maximum absolute atomic E-state index is 12.4. The van der Waals surface area contributed by atoms with Crippen LogP contribution in [0.15, 0.2) is 52.2 Å². The average Bonchev–Trinajstić information content (AvgIpc) is 2.98. The Morgan fingerprint density at radius 2 is 1.72 bits per heavy atom. The van der Waals surface area contributed by atoms with Crippen molar-refractivity contribution in [1.82, 2.24) is 4.72 Å². The Labute approximate surface area is 175 Å². The van der Waals surface area contributed by atoms with E-state index in [4.69, 9.17) is 0 Å². The molecule has 138 valence electrons. The van der Waals surface area contributed by atoms with Gasteiger partial charge >= 0.3 is 0 Å². The van der Waals surface area contributed by atoms with Crippen LogP contribution in [0, 0.1) is 0 Å². The molecule has 25 heavy (non-hydrogen) atoms. The molecule has 0 aliphatic rings. The highest BCUT2D eigenvalue weighted by Gasteiger charge is 2.25. The first-order valence-corrected chi connectivity index (χ1v) is 13.0. The number of aliphatic hydroxyl groups is 1. The van der Waals surface area contributed by atoms with E-state index in [1.54, 1.807) is 23.6 Å². The van der Waals surface area contributed by atoms with Crippen LogP contribution in [0.3, 0.4) is 0 Å². The van der Waals surface area contributed by atoms with Crippen LogP contribution in [0.25, 0.3) is 0 Å². The lowest BCUT2D eigenvalue weighted by Gasteiger charge is -2.14. The zero-order chi connectivity index (χ0) is 18.8. The molecule has 0 spiro atoms. The van der Waals surface area contributed by atoms with E-state index in [0.717, 1.165) is 11.3 Å². The van der Waals surface area contributed by atoms with Crippen molar-refractivity contribution in [2.45, 2.75) is 15.2 Å². The summed E-state index contributed by atoms with van der Waals surface area (Å²) in [6.45, 7) is -0.429. The molecular weight excluding hydrogens is 586 g/mol. The zero-order valence-corrected chi connectivity index (χ0v) is 19.5. The molecule has 0 fully saturated rings. The van der Waals surface area contributed by atoms with Gasteiger partial charge < -0.3 is 5.11 Å². The van der Waals surface area contributed by atoms with E-state index in [2.05, 4.69) is 52.5 Å². The van der Waals surface area contributed by atoms with Gasteiger partial charge in [-0.2, -0.15) is 0 Å². The summed E-state index contributed by atoms with van der Waals surface area (Å²) in [5.41, 5.74) is 0. The van der Waals surface area contributed by atoms with Crippen LogP contribution in [0.4, 0.5) is 0 Å². The molecule has 2 rings (SSSR count). The number of sulfone groups is 1. The standard InChI is InChI=1S/C13H12Br3NO5S3/c14-8-4-10(15)13(11(16)5-8)25(21,22)17-6-9(18)7-24(19,20)12-2-1-3-23-12/h1-5,9,17-18H,6-7H2. The summed E-state index contributed by atoms with van der Waals surface area (Å²) in [7, 11) is -7.62. The minimum atomic E-state index is -3.96. The van der Waals surface area contributed by atoms with Crippen LogP contribution >= 0.6 is 59.1 Å². The molecule has 0 aliphatic heterocycles. The SMILES string of the molecule is O=S(=O)(CC(O)CNS(=O)(=O)c1c(Br)cc(Br)cc1Br)c1cccs1. The van der Waals surface area contributed by atoms with Gasteiger partial charge in [-0.3, -0.25) is 0 Å². The smallest absolute Gasteiger partial charge is 0.242 e. The minimum absolute atomic E-state index is 0.0380. The third-order valence-corrected chi connectivity index (χ3v) is 10.00. The summed E-state index contributed by atoms with van der Waals surface area (Å²) in [5.74, 6) is -0.571. The maximum atomic E-state index is 12.4. The number of sulfonamides is 1. The molecule has 1 aromatic heterocycles. The fourth-order valence-electron chi connectivity index (χ4n) is 1.90. The van der Waals surface area contributed by atoms with Gasteiger partial charge in [-0.15, -0.1) is 11.3 Å². The van der Waals surface area contributed by atoms with Crippen LogP contribution < -0.4 is 4.72 Å². The first-order valence-electron chi connectivity index (χ1n) is 6.61. The normalized spacial score (nSPS) is 13.8. The number of halogens is 3. The fraction of sp³-hybridized carbons (Fsp3) is 0.231. The Morgan fingerprint density at radius 3 is 2.24 bits per heavy atom.